The maximum absolute atomic E-state index is 12.0. The highest BCUT2D eigenvalue weighted by atomic mass is 32.2. The van der Waals surface area contributed by atoms with Crippen molar-refractivity contribution in [3.8, 4) is 0 Å². The van der Waals surface area contributed by atoms with Crippen molar-refractivity contribution in [2.24, 2.45) is 0 Å². The molecule has 0 aliphatic heterocycles. The predicted molar refractivity (Wildman–Crippen MR) is 87.0 cm³/mol. The molecule has 1 aromatic heterocycles. The standard InChI is InChI=1S/C16H21NO3S/c1-11-8-13-10-15(20-14(13)9-12(11)2)16(19)17-4-7-21-6-3-5-18/h8-10,18H,3-7H2,1-2H3,(H,17,19). The van der Waals surface area contributed by atoms with E-state index < -0.39 is 0 Å². The Kier molecular flexibility index (Phi) is 5.70. The smallest absolute Gasteiger partial charge is 0.287 e. The van der Waals surface area contributed by atoms with Gasteiger partial charge in [-0.2, -0.15) is 11.8 Å². The van der Waals surface area contributed by atoms with E-state index in [1.807, 2.05) is 26.0 Å². The maximum atomic E-state index is 12.0. The molecule has 2 aromatic rings. The fourth-order valence-electron chi connectivity index (χ4n) is 2.01. The first-order valence-electron chi connectivity index (χ1n) is 7.09. The number of amides is 1. The fraction of sp³-hybridized carbons (Fsp3) is 0.438. The number of carbonyl (C=O) groups excluding carboxylic acids is 1. The molecule has 1 amide bonds. The number of aliphatic hydroxyl groups is 1. The minimum Gasteiger partial charge on any atom is -0.451 e. The van der Waals surface area contributed by atoms with Crippen molar-refractivity contribution in [2.45, 2.75) is 20.3 Å². The maximum Gasteiger partial charge on any atom is 0.287 e. The second-order valence-electron chi connectivity index (χ2n) is 5.03. The lowest BCUT2D eigenvalue weighted by Gasteiger charge is -2.02. The molecule has 0 saturated carbocycles. The molecular formula is C16H21NO3S. The van der Waals surface area contributed by atoms with Crippen LogP contribution in [-0.2, 0) is 0 Å². The van der Waals surface area contributed by atoms with Gasteiger partial charge < -0.3 is 14.8 Å². The first kappa shape index (κ1) is 15.9. The number of rotatable bonds is 7. The van der Waals surface area contributed by atoms with Crippen LogP contribution in [0.15, 0.2) is 22.6 Å². The minimum absolute atomic E-state index is 0.177. The summed E-state index contributed by atoms with van der Waals surface area (Å²) in [5.74, 6) is 1.93. The summed E-state index contributed by atoms with van der Waals surface area (Å²) in [5, 5.41) is 12.5. The summed E-state index contributed by atoms with van der Waals surface area (Å²) in [5.41, 5.74) is 3.10. The number of benzene rings is 1. The second kappa shape index (κ2) is 7.52. The molecule has 0 bridgehead atoms. The molecule has 114 valence electrons. The summed E-state index contributed by atoms with van der Waals surface area (Å²) >= 11 is 1.72. The number of aliphatic hydroxyl groups excluding tert-OH is 1. The number of thioether (sulfide) groups is 1. The largest absolute Gasteiger partial charge is 0.451 e. The second-order valence-corrected chi connectivity index (χ2v) is 6.26. The Balaban J connectivity index is 1.91. The van der Waals surface area contributed by atoms with Crippen molar-refractivity contribution in [1.82, 2.24) is 5.32 Å². The highest BCUT2D eigenvalue weighted by Gasteiger charge is 2.12. The third kappa shape index (κ3) is 4.25. The van der Waals surface area contributed by atoms with Crippen LogP contribution in [0.1, 0.15) is 28.1 Å². The van der Waals surface area contributed by atoms with Crippen molar-refractivity contribution in [3.63, 3.8) is 0 Å². The van der Waals surface area contributed by atoms with Crippen LogP contribution < -0.4 is 5.32 Å². The fourth-order valence-corrected chi connectivity index (χ4v) is 2.79. The monoisotopic (exact) mass is 307 g/mol. The van der Waals surface area contributed by atoms with Crippen LogP contribution in [-0.4, -0.2) is 35.7 Å². The SMILES string of the molecule is Cc1cc2cc(C(=O)NCCSCCCO)oc2cc1C. The van der Waals surface area contributed by atoms with Gasteiger partial charge in [0.1, 0.15) is 5.58 Å². The van der Waals surface area contributed by atoms with E-state index in [4.69, 9.17) is 9.52 Å². The lowest BCUT2D eigenvalue weighted by Crippen LogP contribution is -2.25. The van der Waals surface area contributed by atoms with Crippen molar-refractivity contribution in [2.75, 3.05) is 24.7 Å². The van der Waals surface area contributed by atoms with Crippen LogP contribution in [0.5, 0.6) is 0 Å². The molecule has 5 heteroatoms. The first-order chi connectivity index (χ1) is 10.1. The molecule has 0 aliphatic carbocycles. The van der Waals surface area contributed by atoms with Gasteiger partial charge >= 0.3 is 0 Å². The molecule has 4 nitrogen and oxygen atoms in total. The average Bonchev–Trinajstić information content (AvgIpc) is 2.86. The van der Waals surface area contributed by atoms with Gasteiger partial charge in [0.05, 0.1) is 0 Å². The molecule has 0 spiro atoms. The summed E-state index contributed by atoms with van der Waals surface area (Å²) in [6, 6.07) is 5.79. The summed E-state index contributed by atoms with van der Waals surface area (Å²) in [6.45, 7) is 4.90. The average molecular weight is 307 g/mol. The van der Waals surface area contributed by atoms with Crippen molar-refractivity contribution in [3.05, 3.63) is 35.1 Å². The Morgan fingerprint density at radius 2 is 2.00 bits per heavy atom. The Bertz CT molecular complexity index is 582. The minimum atomic E-state index is -0.177. The van der Waals surface area contributed by atoms with Gasteiger partial charge in [0, 0.05) is 24.3 Å². The summed E-state index contributed by atoms with van der Waals surface area (Å²) < 4.78 is 5.61. The van der Waals surface area contributed by atoms with Gasteiger partial charge in [-0.3, -0.25) is 4.79 Å². The zero-order valence-corrected chi connectivity index (χ0v) is 13.3. The molecule has 0 unspecified atom stereocenters. The van der Waals surface area contributed by atoms with Crippen LogP contribution in [0, 0.1) is 13.8 Å². The van der Waals surface area contributed by atoms with Crippen molar-refractivity contribution >= 4 is 28.6 Å². The number of hydrogen-bond acceptors (Lipinski definition) is 4. The van der Waals surface area contributed by atoms with Gasteiger partial charge in [0.2, 0.25) is 0 Å². The van der Waals surface area contributed by atoms with Gasteiger partial charge in [0.15, 0.2) is 5.76 Å². The van der Waals surface area contributed by atoms with Gasteiger partial charge in [-0.25, -0.2) is 0 Å². The van der Waals surface area contributed by atoms with Crippen LogP contribution >= 0.6 is 11.8 Å². The summed E-state index contributed by atoms with van der Waals surface area (Å²) in [4.78, 5) is 12.0. The van der Waals surface area contributed by atoms with Crippen LogP contribution in [0.4, 0.5) is 0 Å². The number of fused-ring (bicyclic) bond motifs is 1. The number of aryl methyl sites for hydroxylation is 2. The lowest BCUT2D eigenvalue weighted by molar-refractivity contribution is 0.0930. The number of hydrogen-bond donors (Lipinski definition) is 2. The van der Waals surface area contributed by atoms with E-state index in [0.717, 1.165) is 34.5 Å². The Hall–Kier alpha value is -1.46. The van der Waals surface area contributed by atoms with E-state index in [-0.39, 0.29) is 12.5 Å². The molecule has 0 fully saturated rings. The van der Waals surface area contributed by atoms with Crippen LogP contribution in [0.2, 0.25) is 0 Å². The van der Waals surface area contributed by atoms with Crippen molar-refractivity contribution in [1.29, 1.82) is 0 Å². The Labute approximate surface area is 128 Å². The van der Waals surface area contributed by atoms with Gasteiger partial charge in [0.25, 0.3) is 5.91 Å². The molecule has 0 atom stereocenters. The molecule has 0 aliphatic rings. The van der Waals surface area contributed by atoms with Gasteiger partial charge in [-0.15, -0.1) is 0 Å². The Morgan fingerprint density at radius 3 is 2.76 bits per heavy atom. The molecule has 1 aromatic carbocycles. The highest BCUT2D eigenvalue weighted by molar-refractivity contribution is 7.99. The highest BCUT2D eigenvalue weighted by Crippen LogP contribution is 2.23. The molecule has 0 saturated heterocycles. The molecule has 2 N–H and O–H groups in total. The van der Waals surface area contributed by atoms with Crippen LogP contribution in [0.25, 0.3) is 11.0 Å². The van der Waals surface area contributed by atoms with E-state index in [9.17, 15) is 4.79 Å². The Morgan fingerprint density at radius 1 is 1.24 bits per heavy atom. The van der Waals surface area contributed by atoms with Crippen molar-refractivity contribution < 1.29 is 14.3 Å². The van der Waals surface area contributed by atoms with Gasteiger partial charge in [-0.1, -0.05) is 0 Å². The molecule has 2 rings (SSSR count). The molecule has 21 heavy (non-hydrogen) atoms. The molecular weight excluding hydrogens is 286 g/mol. The number of carbonyl (C=O) groups is 1. The zero-order valence-electron chi connectivity index (χ0n) is 12.4. The quantitative estimate of drug-likeness (QED) is 0.772. The van der Waals surface area contributed by atoms with E-state index in [1.165, 1.54) is 5.56 Å². The third-order valence-electron chi connectivity index (χ3n) is 3.34. The zero-order chi connectivity index (χ0) is 15.2. The molecule has 0 radical (unpaired) electrons. The summed E-state index contributed by atoms with van der Waals surface area (Å²) in [6.07, 6.45) is 0.793. The van der Waals surface area contributed by atoms with E-state index in [0.29, 0.717) is 12.3 Å². The number of furan rings is 1. The normalized spacial score (nSPS) is 11.0. The number of nitrogens with one attached hydrogen (secondary N) is 1. The van der Waals surface area contributed by atoms with E-state index in [2.05, 4.69) is 5.32 Å². The molecule has 1 heterocycles. The predicted octanol–water partition coefficient (Wildman–Crippen LogP) is 2.90. The third-order valence-corrected chi connectivity index (χ3v) is 4.41. The van der Waals surface area contributed by atoms with Gasteiger partial charge in [-0.05, 0) is 55.3 Å². The van der Waals surface area contributed by atoms with Crippen LogP contribution in [0.3, 0.4) is 0 Å². The topological polar surface area (TPSA) is 62.5 Å². The first-order valence-corrected chi connectivity index (χ1v) is 8.25. The summed E-state index contributed by atoms with van der Waals surface area (Å²) in [7, 11) is 0. The lowest BCUT2D eigenvalue weighted by atomic mass is 10.1. The van der Waals surface area contributed by atoms with E-state index in [1.54, 1.807) is 17.8 Å². The van der Waals surface area contributed by atoms with E-state index >= 15 is 0 Å².